The molecule has 3 aromatic heterocycles. The molecule has 3 N–H and O–H groups in total. The number of nitrogens with zero attached hydrogens (tertiary/aromatic N) is 2. The number of aromatic amines is 1. The van der Waals surface area contributed by atoms with Crippen molar-refractivity contribution in [1.82, 2.24) is 15.0 Å². The fraction of sp³-hybridized carbons (Fsp3) is 0.235. The summed E-state index contributed by atoms with van der Waals surface area (Å²) < 4.78 is 5.04. The lowest BCUT2D eigenvalue weighted by atomic mass is 10.2. The van der Waals surface area contributed by atoms with Crippen molar-refractivity contribution in [2.45, 2.75) is 6.92 Å². The van der Waals surface area contributed by atoms with Crippen molar-refractivity contribution >= 4 is 28.2 Å². The zero-order chi connectivity index (χ0) is 16.9. The van der Waals surface area contributed by atoms with Gasteiger partial charge >= 0.3 is 0 Å². The number of nitrogens with one attached hydrogen (secondary N) is 3. The molecule has 0 unspecified atom stereocenters. The smallest absolute Gasteiger partial charge is 0.259 e. The summed E-state index contributed by atoms with van der Waals surface area (Å²) in [6, 6.07) is 7.53. The molecule has 0 aromatic carbocycles. The average molecular weight is 325 g/mol. The summed E-state index contributed by atoms with van der Waals surface area (Å²) in [5.41, 5.74) is 0.920. The lowest BCUT2D eigenvalue weighted by molar-refractivity contribution is 0.210. The minimum Gasteiger partial charge on any atom is -0.383 e. The van der Waals surface area contributed by atoms with Gasteiger partial charge in [-0.15, -0.1) is 0 Å². The van der Waals surface area contributed by atoms with Crippen molar-refractivity contribution in [3.63, 3.8) is 0 Å². The molecule has 7 heteroatoms. The molecule has 0 saturated carbocycles. The van der Waals surface area contributed by atoms with Gasteiger partial charge in [0, 0.05) is 26.0 Å². The van der Waals surface area contributed by atoms with Crippen molar-refractivity contribution in [2.24, 2.45) is 0 Å². The lowest BCUT2D eigenvalue weighted by Gasteiger charge is -2.12. The first-order valence-corrected chi connectivity index (χ1v) is 7.62. The summed E-state index contributed by atoms with van der Waals surface area (Å²) in [5.74, 6) is 1.84. The van der Waals surface area contributed by atoms with Crippen LogP contribution in [0.15, 0.2) is 41.5 Å². The molecule has 0 saturated heterocycles. The second-order valence-electron chi connectivity index (χ2n) is 5.39. The van der Waals surface area contributed by atoms with Gasteiger partial charge in [0.15, 0.2) is 0 Å². The first kappa shape index (κ1) is 15.9. The minimum absolute atomic E-state index is 0.180. The molecule has 3 aromatic rings. The van der Waals surface area contributed by atoms with Crippen molar-refractivity contribution in [2.75, 3.05) is 30.9 Å². The zero-order valence-electron chi connectivity index (χ0n) is 13.6. The zero-order valence-corrected chi connectivity index (χ0v) is 13.6. The average Bonchev–Trinajstić information content (AvgIpc) is 2.55. The normalized spacial score (nSPS) is 10.8. The SMILES string of the molecule is COCCNc1nc(Nc2cc(C)ccn2)cc2cc[nH]c(=O)c12. The molecule has 0 aliphatic heterocycles. The third kappa shape index (κ3) is 3.52. The van der Waals surface area contributed by atoms with Gasteiger partial charge in [0.25, 0.3) is 5.56 Å². The van der Waals surface area contributed by atoms with Gasteiger partial charge in [-0.1, -0.05) is 0 Å². The molecule has 0 fully saturated rings. The van der Waals surface area contributed by atoms with Crippen LogP contribution in [0.4, 0.5) is 17.5 Å². The fourth-order valence-corrected chi connectivity index (χ4v) is 2.41. The van der Waals surface area contributed by atoms with Gasteiger partial charge in [-0.05, 0) is 42.1 Å². The Kier molecular flexibility index (Phi) is 4.72. The lowest BCUT2D eigenvalue weighted by Crippen LogP contribution is -2.14. The van der Waals surface area contributed by atoms with Gasteiger partial charge in [0.2, 0.25) is 0 Å². The summed E-state index contributed by atoms with van der Waals surface area (Å²) in [4.78, 5) is 23.6. The van der Waals surface area contributed by atoms with Crippen molar-refractivity contribution < 1.29 is 4.74 Å². The van der Waals surface area contributed by atoms with E-state index in [1.54, 1.807) is 19.5 Å². The van der Waals surface area contributed by atoms with E-state index in [1.807, 2.05) is 31.2 Å². The molecule has 0 bridgehead atoms. The number of pyridine rings is 3. The van der Waals surface area contributed by atoms with Crippen LogP contribution < -0.4 is 16.2 Å². The molecule has 0 radical (unpaired) electrons. The van der Waals surface area contributed by atoms with Crippen LogP contribution in [-0.4, -0.2) is 35.2 Å². The van der Waals surface area contributed by atoms with E-state index in [2.05, 4.69) is 25.6 Å². The highest BCUT2D eigenvalue weighted by atomic mass is 16.5. The highest BCUT2D eigenvalue weighted by Gasteiger charge is 2.10. The maximum Gasteiger partial charge on any atom is 0.259 e. The van der Waals surface area contributed by atoms with Gasteiger partial charge < -0.3 is 20.4 Å². The number of hydrogen-bond donors (Lipinski definition) is 3. The van der Waals surface area contributed by atoms with Crippen LogP contribution in [0.25, 0.3) is 10.8 Å². The molecule has 24 heavy (non-hydrogen) atoms. The van der Waals surface area contributed by atoms with Crippen LogP contribution >= 0.6 is 0 Å². The highest BCUT2D eigenvalue weighted by molar-refractivity contribution is 5.93. The first-order chi connectivity index (χ1) is 11.7. The molecular formula is C17H19N5O2. The van der Waals surface area contributed by atoms with E-state index in [-0.39, 0.29) is 5.56 Å². The summed E-state index contributed by atoms with van der Waals surface area (Å²) in [5, 5.41) is 7.65. The van der Waals surface area contributed by atoms with Crippen molar-refractivity contribution in [3.05, 3.63) is 52.6 Å². The standard InChI is InChI=1S/C17H19N5O2/c1-11-3-5-18-13(9-11)21-14-10-12-4-6-20-17(23)15(12)16(22-14)19-7-8-24-2/h3-6,9-10H,7-8H2,1-2H3,(H,20,23)(H2,18,19,21,22). The maximum atomic E-state index is 12.1. The number of methoxy groups -OCH3 is 1. The van der Waals surface area contributed by atoms with Crippen molar-refractivity contribution in [3.8, 4) is 0 Å². The largest absolute Gasteiger partial charge is 0.383 e. The molecule has 3 heterocycles. The molecule has 0 aliphatic rings. The summed E-state index contributed by atoms with van der Waals surface area (Å²) in [6.07, 6.45) is 3.36. The Hall–Kier alpha value is -2.93. The van der Waals surface area contributed by atoms with Crippen LogP contribution in [-0.2, 0) is 4.74 Å². The van der Waals surface area contributed by atoms with E-state index < -0.39 is 0 Å². The molecule has 7 nitrogen and oxygen atoms in total. The predicted octanol–water partition coefficient (Wildman–Crippen LogP) is 2.43. The first-order valence-electron chi connectivity index (χ1n) is 7.62. The molecule has 3 rings (SSSR count). The van der Waals surface area contributed by atoms with E-state index in [9.17, 15) is 4.79 Å². The Balaban J connectivity index is 2.01. The van der Waals surface area contributed by atoms with E-state index >= 15 is 0 Å². The highest BCUT2D eigenvalue weighted by Crippen LogP contribution is 2.23. The molecule has 124 valence electrons. The van der Waals surface area contributed by atoms with Crippen LogP contribution in [0.1, 0.15) is 5.56 Å². The Morgan fingerprint density at radius 2 is 2.12 bits per heavy atom. The van der Waals surface area contributed by atoms with Crippen LogP contribution in [0.2, 0.25) is 0 Å². The molecule has 0 amide bonds. The third-order valence-electron chi connectivity index (χ3n) is 3.52. The van der Waals surface area contributed by atoms with Gasteiger partial charge in [-0.25, -0.2) is 9.97 Å². The van der Waals surface area contributed by atoms with Gasteiger partial charge in [-0.3, -0.25) is 4.79 Å². The van der Waals surface area contributed by atoms with Crippen LogP contribution in [0, 0.1) is 6.92 Å². The van der Waals surface area contributed by atoms with Gasteiger partial charge in [0.05, 0.1) is 12.0 Å². The third-order valence-corrected chi connectivity index (χ3v) is 3.52. The number of anilines is 3. The number of rotatable bonds is 6. The molecule has 0 spiro atoms. The van der Waals surface area contributed by atoms with Crippen molar-refractivity contribution in [1.29, 1.82) is 0 Å². The minimum atomic E-state index is -0.180. The van der Waals surface area contributed by atoms with Gasteiger partial charge in [-0.2, -0.15) is 0 Å². The number of H-pyrrole nitrogens is 1. The molecule has 0 atom stereocenters. The number of ether oxygens (including phenoxy) is 1. The Bertz CT molecular complexity index is 907. The summed E-state index contributed by atoms with van der Waals surface area (Å²) in [6.45, 7) is 3.07. The Labute approximate surface area is 139 Å². The molecular weight excluding hydrogens is 306 g/mol. The maximum absolute atomic E-state index is 12.1. The number of fused-ring (bicyclic) bond motifs is 1. The number of hydrogen-bond acceptors (Lipinski definition) is 6. The van der Waals surface area contributed by atoms with E-state index in [0.29, 0.717) is 36.0 Å². The van der Waals surface area contributed by atoms with E-state index in [4.69, 9.17) is 4.74 Å². The number of aryl methyl sites for hydroxylation is 1. The molecule has 0 aliphatic carbocycles. The second kappa shape index (κ2) is 7.10. The summed E-state index contributed by atoms with van der Waals surface area (Å²) >= 11 is 0. The van der Waals surface area contributed by atoms with Gasteiger partial charge in [0.1, 0.15) is 17.5 Å². The van der Waals surface area contributed by atoms with E-state index in [0.717, 1.165) is 10.9 Å². The topological polar surface area (TPSA) is 91.9 Å². The fourth-order valence-electron chi connectivity index (χ4n) is 2.41. The Morgan fingerprint density at radius 3 is 2.92 bits per heavy atom. The van der Waals surface area contributed by atoms with E-state index in [1.165, 1.54) is 0 Å². The monoisotopic (exact) mass is 325 g/mol. The van der Waals surface area contributed by atoms with Crippen LogP contribution in [0.5, 0.6) is 0 Å². The quantitative estimate of drug-likeness (QED) is 0.603. The second-order valence-corrected chi connectivity index (χ2v) is 5.39. The predicted molar refractivity (Wildman–Crippen MR) is 95.0 cm³/mol. The Morgan fingerprint density at radius 1 is 1.25 bits per heavy atom. The summed E-state index contributed by atoms with van der Waals surface area (Å²) in [7, 11) is 1.63. The van der Waals surface area contributed by atoms with Crippen LogP contribution in [0.3, 0.4) is 0 Å². The number of aromatic nitrogens is 3.